The number of rotatable bonds is 3. The van der Waals surface area contributed by atoms with Crippen molar-refractivity contribution in [1.29, 1.82) is 0 Å². The van der Waals surface area contributed by atoms with Gasteiger partial charge >= 0.3 is 0 Å². The van der Waals surface area contributed by atoms with Gasteiger partial charge < -0.3 is 10.7 Å². The highest BCUT2D eigenvalue weighted by Gasteiger charge is 2.16. The van der Waals surface area contributed by atoms with Crippen molar-refractivity contribution < 1.29 is 0 Å². The number of fused-ring (bicyclic) bond motifs is 1. The van der Waals surface area contributed by atoms with Crippen molar-refractivity contribution in [3.05, 3.63) is 23.9 Å². The molecule has 3 heterocycles. The van der Waals surface area contributed by atoms with E-state index in [1.807, 2.05) is 18.7 Å². The van der Waals surface area contributed by atoms with Crippen LogP contribution in [0.2, 0.25) is 0 Å². The second kappa shape index (κ2) is 4.63. The molecule has 0 saturated carbocycles. The van der Waals surface area contributed by atoms with Crippen LogP contribution in [0.4, 0.5) is 0 Å². The third-order valence-electron chi connectivity index (χ3n) is 2.87. The molecule has 0 fully saturated rings. The van der Waals surface area contributed by atoms with E-state index >= 15 is 0 Å². The normalized spacial score (nSPS) is 11.3. The van der Waals surface area contributed by atoms with Gasteiger partial charge in [0.15, 0.2) is 5.65 Å². The number of aromatic nitrogens is 6. The van der Waals surface area contributed by atoms with Crippen molar-refractivity contribution in [2.24, 2.45) is 12.8 Å². The van der Waals surface area contributed by atoms with E-state index in [9.17, 15) is 0 Å². The van der Waals surface area contributed by atoms with E-state index in [1.165, 1.54) is 18.1 Å². The summed E-state index contributed by atoms with van der Waals surface area (Å²) in [4.78, 5) is 15.6. The SMILES string of the molecule is Cc1nn(C)c(Sc2ncnc3nc[nH]c23)c1CN. The second-order valence-corrected chi connectivity index (χ2v) is 5.06. The Morgan fingerprint density at radius 3 is 3.00 bits per heavy atom. The first-order chi connectivity index (χ1) is 9.20. The number of aromatic amines is 1. The summed E-state index contributed by atoms with van der Waals surface area (Å²) in [5.41, 5.74) is 9.26. The molecule has 0 unspecified atom stereocenters. The number of hydrogen-bond acceptors (Lipinski definition) is 6. The third kappa shape index (κ3) is 1.98. The maximum Gasteiger partial charge on any atom is 0.181 e. The number of imidazole rings is 1. The van der Waals surface area contributed by atoms with Crippen LogP contribution in [0.25, 0.3) is 11.2 Å². The topological polar surface area (TPSA) is 98.3 Å². The van der Waals surface area contributed by atoms with E-state index < -0.39 is 0 Å². The first-order valence-electron chi connectivity index (χ1n) is 5.75. The van der Waals surface area contributed by atoms with Crippen LogP contribution in [-0.4, -0.2) is 29.7 Å². The lowest BCUT2D eigenvalue weighted by Crippen LogP contribution is -2.00. The van der Waals surface area contributed by atoms with Gasteiger partial charge in [-0.25, -0.2) is 15.0 Å². The van der Waals surface area contributed by atoms with Crippen LogP contribution < -0.4 is 5.73 Å². The summed E-state index contributed by atoms with van der Waals surface area (Å²) in [5.74, 6) is 0. The lowest BCUT2D eigenvalue weighted by Gasteiger charge is -2.04. The number of nitrogens with one attached hydrogen (secondary N) is 1. The van der Waals surface area contributed by atoms with E-state index in [0.29, 0.717) is 12.2 Å². The Hall–Kier alpha value is -1.93. The fourth-order valence-electron chi connectivity index (χ4n) is 1.96. The molecule has 3 aromatic rings. The Morgan fingerprint density at radius 2 is 2.21 bits per heavy atom. The molecule has 0 aliphatic rings. The van der Waals surface area contributed by atoms with E-state index in [-0.39, 0.29) is 0 Å². The smallest absolute Gasteiger partial charge is 0.181 e. The van der Waals surface area contributed by atoms with Gasteiger partial charge in [0.2, 0.25) is 0 Å². The highest BCUT2D eigenvalue weighted by Crippen LogP contribution is 2.32. The fraction of sp³-hybridized carbons (Fsp3) is 0.273. The van der Waals surface area contributed by atoms with Crippen molar-refractivity contribution in [3.63, 3.8) is 0 Å². The maximum absolute atomic E-state index is 5.79. The van der Waals surface area contributed by atoms with Crippen LogP contribution in [0, 0.1) is 6.92 Å². The average Bonchev–Trinajstić information content (AvgIpc) is 2.96. The molecular formula is C11H13N7S. The largest absolute Gasteiger partial charge is 0.341 e. The summed E-state index contributed by atoms with van der Waals surface area (Å²) in [5, 5.41) is 6.21. The maximum atomic E-state index is 5.79. The van der Waals surface area contributed by atoms with Crippen LogP contribution >= 0.6 is 11.8 Å². The molecule has 98 valence electrons. The minimum atomic E-state index is 0.458. The monoisotopic (exact) mass is 275 g/mol. The predicted octanol–water partition coefficient (Wildman–Crippen LogP) is 1.00. The lowest BCUT2D eigenvalue weighted by atomic mass is 10.3. The summed E-state index contributed by atoms with van der Waals surface area (Å²) in [6, 6.07) is 0. The van der Waals surface area contributed by atoms with Crippen LogP contribution in [0.3, 0.4) is 0 Å². The number of H-pyrrole nitrogens is 1. The summed E-state index contributed by atoms with van der Waals surface area (Å²) in [6.07, 6.45) is 3.12. The third-order valence-corrected chi connectivity index (χ3v) is 4.08. The highest BCUT2D eigenvalue weighted by atomic mass is 32.2. The summed E-state index contributed by atoms with van der Waals surface area (Å²) in [7, 11) is 1.90. The van der Waals surface area contributed by atoms with Crippen LogP contribution in [0.5, 0.6) is 0 Å². The molecule has 0 radical (unpaired) electrons. The van der Waals surface area contributed by atoms with Crippen molar-refractivity contribution in [1.82, 2.24) is 29.7 Å². The zero-order chi connectivity index (χ0) is 13.4. The Morgan fingerprint density at radius 1 is 1.37 bits per heavy atom. The van der Waals surface area contributed by atoms with E-state index in [0.717, 1.165) is 26.8 Å². The number of hydrogen-bond donors (Lipinski definition) is 2. The minimum absolute atomic E-state index is 0.458. The van der Waals surface area contributed by atoms with Crippen LogP contribution in [0.1, 0.15) is 11.3 Å². The molecule has 0 aromatic carbocycles. The van der Waals surface area contributed by atoms with Crippen molar-refractivity contribution >= 4 is 22.9 Å². The zero-order valence-corrected chi connectivity index (χ0v) is 11.4. The van der Waals surface area contributed by atoms with Crippen molar-refractivity contribution in [2.45, 2.75) is 23.5 Å². The molecule has 0 bridgehead atoms. The molecule has 7 nitrogen and oxygen atoms in total. The molecule has 0 spiro atoms. The molecule has 0 saturated heterocycles. The molecule has 3 aromatic heterocycles. The highest BCUT2D eigenvalue weighted by molar-refractivity contribution is 7.99. The number of nitrogens with zero attached hydrogens (tertiary/aromatic N) is 5. The molecule has 0 aliphatic heterocycles. The average molecular weight is 275 g/mol. The van der Waals surface area contributed by atoms with Gasteiger partial charge in [0, 0.05) is 19.2 Å². The van der Waals surface area contributed by atoms with E-state index in [1.54, 1.807) is 6.33 Å². The van der Waals surface area contributed by atoms with Crippen molar-refractivity contribution in [3.8, 4) is 0 Å². The van der Waals surface area contributed by atoms with Gasteiger partial charge in [0.1, 0.15) is 21.9 Å². The Labute approximate surface area is 113 Å². The quantitative estimate of drug-likeness (QED) is 0.692. The van der Waals surface area contributed by atoms with Gasteiger partial charge in [-0.15, -0.1) is 0 Å². The number of nitrogens with two attached hydrogens (primary N) is 1. The first kappa shape index (κ1) is 12.1. The zero-order valence-electron chi connectivity index (χ0n) is 10.6. The molecule has 0 amide bonds. The first-order valence-corrected chi connectivity index (χ1v) is 6.57. The van der Waals surface area contributed by atoms with E-state index in [2.05, 4.69) is 25.0 Å². The molecule has 3 N–H and O–H groups in total. The summed E-state index contributed by atoms with van der Waals surface area (Å²) in [6.45, 7) is 2.41. The van der Waals surface area contributed by atoms with Gasteiger partial charge in [0.05, 0.1) is 12.0 Å². The van der Waals surface area contributed by atoms with Crippen molar-refractivity contribution in [2.75, 3.05) is 0 Å². The minimum Gasteiger partial charge on any atom is -0.341 e. The Kier molecular flexibility index (Phi) is 2.96. The Bertz CT molecular complexity index is 730. The van der Waals surface area contributed by atoms with Gasteiger partial charge in [-0.1, -0.05) is 0 Å². The molecule has 19 heavy (non-hydrogen) atoms. The van der Waals surface area contributed by atoms with Crippen LogP contribution in [-0.2, 0) is 13.6 Å². The standard InChI is InChI=1S/C11H13N7S/c1-6-7(3-12)11(18(2)17-6)19-10-8-9(14-4-13-8)15-5-16-10/h4-5H,3,12H2,1-2H3,(H,13,14,15,16). The Balaban J connectivity index is 2.08. The summed E-state index contributed by atoms with van der Waals surface area (Å²) < 4.78 is 1.83. The molecular weight excluding hydrogens is 262 g/mol. The van der Waals surface area contributed by atoms with Gasteiger partial charge in [-0.3, -0.25) is 4.68 Å². The fourth-order valence-corrected chi connectivity index (χ4v) is 3.02. The molecule has 0 atom stereocenters. The lowest BCUT2D eigenvalue weighted by molar-refractivity contribution is 0.688. The molecule has 0 aliphatic carbocycles. The number of aryl methyl sites for hydroxylation is 2. The predicted molar refractivity (Wildman–Crippen MR) is 71.6 cm³/mol. The molecule has 3 rings (SSSR count). The van der Waals surface area contributed by atoms with Gasteiger partial charge in [-0.05, 0) is 18.7 Å². The van der Waals surface area contributed by atoms with Crippen LogP contribution in [0.15, 0.2) is 22.7 Å². The molecule has 8 heteroatoms. The summed E-state index contributed by atoms with van der Waals surface area (Å²) >= 11 is 1.52. The second-order valence-electron chi connectivity index (χ2n) is 4.08. The van der Waals surface area contributed by atoms with Gasteiger partial charge in [0.25, 0.3) is 0 Å². The van der Waals surface area contributed by atoms with E-state index in [4.69, 9.17) is 5.73 Å². The van der Waals surface area contributed by atoms with Gasteiger partial charge in [-0.2, -0.15) is 5.10 Å².